The predicted molar refractivity (Wildman–Crippen MR) is 121 cm³/mol. The van der Waals surface area contributed by atoms with Crippen molar-refractivity contribution < 1.29 is 24.0 Å². The van der Waals surface area contributed by atoms with Gasteiger partial charge >= 0.3 is 11.9 Å². The average molecular weight is 445 g/mol. The van der Waals surface area contributed by atoms with E-state index >= 15 is 0 Å². The number of carbonyl (C=O) groups is 2. The van der Waals surface area contributed by atoms with Crippen LogP contribution in [0.2, 0.25) is 0 Å². The van der Waals surface area contributed by atoms with Crippen LogP contribution in [-0.2, 0) is 19.1 Å². The summed E-state index contributed by atoms with van der Waals surface area (Å²) in [7, 11) is 0. The number of nitro benzene ring substituents is 1. The molecule has 0 radical (unpaired) electrons. The molecule has 0 atom stereocenters. The Hall–Kier alpha value is -3.16. The molecule has 1 heterocycles. The predicted octanol–water partition coefficient (Wildman–Crippen LogP) is 4.82. The molecule has 174 valence electrons. The first kappa shape index (κ1) is 25.1. The Morgan fingerprint density at radius 3 is 1.91 bits per heavy atom. The van der Waals surface area contributed by atoms with Crippen LogP contribution >= 0.6 is 0 Å². The van der Waals surface area contributed by atoms with Gasteiger partial charge in [-0.3, -0.25) is 10.1 Å². The molecule has 0 fully saturated rings. The van der Waals surface area contributed by atoms with Crippen molar-refractivity contribution in [3.05, 3.63) is 62.0 Å². The van der Waals surface area contributed by atoms with Crippen molar-refractivity contribution >= 4 is 17.6 Å². The zero-order valence-corrected chi connectivity index (χ0v) is 19.4. The van der Waals surface area contributed by atoms with Gasteiger partial charge in [0.05, 0.1) is 35.2 Å². The van der Waals surface area contributed by atoms with Gasteiger partial charge in [-0.1, -0.05) is 38.3 Å². The third-order valence-electron chi connectivity index (χ3n) is 5.35. The summed E-state index contributed by atoms with van der Waals surface area (Å²) in [6.45, 7) is 9.63. The van der Waals surface area contributed by atoms with E-state index in [1.165, 1.54) is 6.07 Å². The maximum atomic E-state index is 13.1. The molecule has 0 saturated carbocycles. The average Bonchev–Trinajstić information content (AvgIpc) is 2.73. The van der Waals surface area contributed by atoms with Gasteiger partial charge in [0.1, 0.15) is 0 Å². The van der Waals surface area contributed by atoms with Crippen LogP contribution in [-0.4, -0.2) is 30.1 Å². The van der Waals surface area contributed by atoms with Crippen molar-refractivity contribution in [2.45, 2.75) is 66.2 Å². The molecule has 0 bridgehead atoms. The Balaban J connectivity index is 2.65. The number of nitro groups is 1. The minimum Gasteiger partial charge on any atom is -0.462 e. The van der Waals surface area contributed by atoms with E-state index in [0.717, 1.165) is 18.4 Å². The van der Waals surface area contributed by atoms with E-state index < -0.39 is 22.8 Å². The van der Waals surface area contributed by atoms with Gasteiger partial charge in [0.15, 0.2) is 0 Å². The number of benzene rings is 1. The van der Waals surface area contributed by atoms with Gasteiger partial charge in [0, 0.05) is 23.0 Å². The third-order valence-corrected chi connectivity index (χ3v) is 5.35. The van der Waals surface area contributed by atoms with Crippen molar-refractivity contribution in [3.63, 3.8) is 0 Å². The number of carbonyl (C=O) groups excluding carboxylic acids is 2. The minimum absolute atomic E-state index is 0.166. The number of allylic oxidation sites excluding steroid dienone is 2. The number of unbranched alkanes of at least 4 members (excludes halogenated alkanes) is 2. The molecule has 8 nitrogen and oxygen atoms in total. The first-order valence-electron chi connectivity index (χ1n) is 11.0. The van der Waals surface area contributed by atoms with Crippen LogP contribution in [0.25, 0.3) is 0 Å². The van der Waals surface area contributed by atoms with Crippen molar-refractivity contribution in [2.75, 3.05) is 13.2 Å². The number of esters is 2. The van der Waals surface area contributed by atoms with Crippen LogP contribution in [0.3, 0.4) is 0 Å². The van der Waals surface area contributed by atoms with E-state index in [0.29, 0.717) is 24.2 Å². The molecule has 0 aromatic heterocycles. The van der Waals surface area contributed by atoms with Crippen LogP contribution in [0.4, 0.5) is 5.69 Å². The summed E-state index contributed by atoms with van der Waals surface area (Å²) in [4.78, 5) is 37.5. The number of ether oxygens (including phenoxy) is 2. The quantitative estimate of drug-likeness (QED) is 0.238. The van der Waals surface area contributed by atoms with E-state index in [9.17, 15) is 19.7 Å². The fourth-order valence-corrected chi connectivity index (χ4v) is 3.69. The maximum absolute atomic E-state index is 13.1. The molecule has 0 aliphatic carbocycles. The monoisotopic (exact) mass is 444 g/mol. The molecule has 0 amide bonds. The molecule has 1 aliphatic rings. The van der Waals surface area contributed by atoms with Crippen LogP contribution in [0.1, 0.15) is 70.4 Å². The molecule has 0 saturated heterocycles. The fourth-order valence-electron chi connectivity index (χ4n) is 3.69. The second-order valence-corrected chi connectivity index (χ2v) is 7.93. The smallest absolute Gasteiger partial charge is 0.336 e. The van der Waals surface area contributed by atoms with Gasteiger partial charge in [-0.05, 0) is 39.7 Å². The second-order valence-electron chi connectivity index (χ2n) is 7.93. The lowest BCUT2D eigenvalue weighted by Crippen LogP contribution is -2.33. The number of dihydropyridines is 1. The largest absolute Gasteiger partial charge is 0.462 e. The number of aryl methyl sites for hydroxylation is 1. The zero-order chi connectivity index (χ0) is 23.8. The van der Waals surface area contributed by atoms with Gasteiger partial charge in [-0.25, -0.2) is 9.59 Å². The number of rotatable bonds is 10. The fraction of sp³-hybridized carbons (Fsp3) is 0.500. The molecule has 1 aromatic rings. The Kier molecular flexibility index (Phi) is 8.99. The lowest BCUT2D eigenvalue weighted by molar-refractivity contribution is -0.385. The summed E-state index contributed by atoms with van der Waals surface area (Å²) in [6.07, 6.45) is 3.10. The Morgan fingerprint density at radius 2 is 1.47 bits per heavy atom. The number of hydrogen-bond donors (Lipinski definition) is 1. The van der Waals surface area contributed by atoms with E-state index in [1.54, 1.807) is 32.9 Å². The summed E-state index contributed by atoms with van der Waals surface area (Å²) in [5.41, 5.74) is 2.23. The van der Waals surface area contributed by atoms with E-state index in [4.69, 9.17) is 9.47 Å². The molecule has 32 heavy (non-hydrogen) atoms. The minimum atomic E-state index is -0.972. The Bertz CT molecular complexity index is 904. The van der Waals surface area contributed by atoms with Crippen LogP contribution in [0.5, 0.6) is 0 Å². The molecular formula is C24H32N2O6. The van der Waals surface area contributed by atoms with Gasteiger partial charge in [-0.15, -0.1) is 0 Å². The van der Waals surface area contributed by atoms with Crippen molar-refractivity contribution in [1.82, 2.24) is 5.32 Å². The maximum Gasteiger partial charge on any atom is 0.336 e. The molecule has 0 spiro atoms. The lowest BCUT2D eigenvalue weighted by Gasteiger charge is -2.30. The van der Waals surface area contributed by atoms with Gasteiger partial charge in [0.25, 0.3) is 5.69 Å². The first-order valence-corrected chi connectivity index (χ1v) is 11.0. The Morgan fingerprint density at radius 1 is 0.969 bits per heavy atom. The van der Waals surface area contributed by atoms with E-state index in [1.807, 2.05) is 13.8 Å². The topological polar surface area (TPSA) is 108 Å². The number of hydrogen-bond acceptors (Lipinski definition) is 7. The lowest BCUT2D eigenvalue weighted by atomic mass is 9.79. The number of nitrogens with one attached hydrogen (secondary N) is 1. The van der Waals surface area contributed by atoms with Gasteiger partial charge in [0.2, 0.25) is 0 Å². The van der Waals surface area contributed by atoms with Crippen LogP contribution < -0.4 is 5.32 Å². The van der Waals surface area contributed by atoms with Crippen molar-refractivity contribution in [2.24, 2.45) is 0 Å². The summed E-state index contributed by atoms with van der Waals surface area (Å²) in [5, 5.41) is 14.9. The third kappa shape index (κ3) is 5.75. The second kappa shape index (κ2) is 11.5. The standard InChI is InChI=1S/C24H32N2O6/c1-6-8-12-31-23(27)20-16(4)25-17(5)21(24(28)32-13-9-7-2)22(20)18-14-15(3)10-11-19(18)26(29)30/h10-11,14,22,25H,6-9,12-13H2,1-5H3. The first-order chi connectivity index (χ1) is 15.2. The molecule has 2 rings (SSSR count). The normalized spacial score (nSPS) is 14.3. The molecule has 1 N–H and O–H groups in total. The summed E-state index contributed by atoms with van der Waals surface area (Å²) >= 11 is 0. The van der Waals surface area contributed by atoms with Gasteiger partial charge < -0.3 is 14.8 Å². The summed E-state index contributed by atoms with van der Waals surface area (Å²) in [6, 6.07) is 4.68. The highest BCUT2D eigenvalue weighted by Crippen LogP contribution is 2.43. The zero-order valence-electron chi connectivity index (χ0n) is 19.4. The van der Waals surface area contributed by atoms with Crippen molar-refractivity contribution in [3.8, 4) is 0 Å². The van der Waals surface area contributed by atoms with Crippen LogP contribution in [0, 0.1) is 17.0 Å². The van der Waals surface area contributed by atoms with E-state index in [-0.39, 0.29) is 35.6 Å². The van der Waals surface area contributed by atoms with Crippen molar-refractivity contribution in [1.29, 1.82) is 0 Å². The summed E-state index contributed by atoms with van der Waals surface area (Å²) in [5.74, 6) is -2.17. The molecule has 0 unspecified atom stereocenters. The highest BCUT2D eigenvalue weighted by Gasteiger charge is 2.41. The molecule has 1 aliphatic heterocycles. The Labute approximate surface area is 188 Å². The highest BCUT2D eigenvalue weighted by molar-refractivity contribution is 6.00. The highest BCUT2D eigenvalue weighted by atomic mass is 16.6. The van der Waals surface area contributed by atoms with E-state index in [2.05, 4.69) is 5.32 Å². The van der Waals surface area contributed by atoms with Crippen LogP contribution in [0.15, 0.2) is 40.7 Å². The molecule has 8 heteroatoms. The SMILES string of the molecule is CCCCOC(=O)C1=C(C)NC(C)=C(C(=O)OCCCC)C1c1cc(C)ccc1[N+](=O)[O-]. The number of nitrogens with zero attached hydrogens (tertiary/aromatic N) is 1. The summed E-state index contributed by atoms with van der Waals surface area (Å²) < 4.78 is 10.9. The molecule has 1 aromatic carbocycles. The van der Waals surface area contributed by atoms with Gasteiger partial charge in [-0.2, -0.15) is 0 Å². The molecular weight excluding hydrogens is 412 g/mol.